The van der Waals surface area contributed by atoms with E-state index in [2.05, 4.69) is 16.8 Å². The number of amides is 1. The lowest BCUT2D eigenvalue weighted by molar-refractivity contribution is -0.117. The molecule has 0 aromatic carbocycles. The van der Waals surface area contributed by atoms with Crippen LogP contribution in [0.1, 0.15) is 49.7 Å². The minimum Gasteiger partial charge on any atom is -0.349 e. The van der Waals surface area contributed by atoms with E-state index in [-0.39, 0.29) is 17.5 Å². The Hall–Kier alpha value is -2.02. The smallest absolute Gasteiger partial charge is 0.262 e. The summed E-state index contributed by atoms with van der Waals surface area (Å²) < 4.78 is 2.31. The molecule has 1 aliphatic rings. The first-order chi connectivity index (χ1) is 9.43. The highest BCUT2D eigenvalue weighted by Crippen LogP contribution is 2.38. The van der Waals surface area contributed by atoms with Crippen molar-refractivity contribution in [2.75, 3.05) is 0 Å². The lowest BCUT2D eigenvalue weighted by atomic mass is 10.1. The van der Waals surface area contributed by atoms with E-state index >= 15 is 0 Å². The standard InChI is InChI=1S/C16H21N3O/c1-10(2)18-16(20)14(9-17)8-13-7-11(3)19(12(13)4)15-5-6-15/h7-8,10,15H,5-6H2,1-4H3,(H,18,20). The van der Waals surface area contributed by atoms with Gasteiger partial charge in [0.05, 0.1) is 0 Å². The molecule has 20 heavy (non-hydrogen) atoms. The summed E-state index contributed by atoms with van der Waals surface area (Å²) >= 11 is 0. The topological polar surface area (TPSA) is 57.8 Å². The average Bonchev–Trinajstić information content (AvgIpc) is 3.13. The lowest BCUT2D eigenvalue weighted by Gasteiger charge is -2.08. The maximum Gasteiger partial charge on any atom is 0.262 e. The Morgan fingerprint density at radius 3 is 2.65 bits per heavy atom. The third-order valence-corrected chi connectivity index (χ3v) is 3.52. The molecule has 4 heteroatoms. The van der Waals surface area contributed by atoms with Crippen molar-refractivity contribution in [3.63, 3.8) is 0 Å². The van der Waals surface area contributed by atoms with E-state index in [0.717, 1.165) is 11.3 Å². The van der Waals surface area contributed by atoms with Crippen molar-refractivity contribution >= 4 is 12.0 Å². The Morgan fingerprint density at radius 1 is 1.50 bits per heavy atom. The Morgan fingerprint density at radius 2 is 2.15 bits per heavy atom. The first-order valence-electron chi connectivity index (χ1n) is 7.05. The van der Waals surface area contributed by atoms with Gasteiger partial charge in [-0.15, -0.1) is 0 Å². The van der Waals surface area contributed by atoms with Crippen LogP contribution in [0.4, 0.5) is 0 Å². The van der Waals surface area contributed by atoms with Crippen LogP contribution in [-0.2, 0) is 4.79 Å². The largest absolute Gasteiger partial charge is 0.349 e. The molecule has 0 bridgehead atoms. The molecule has 1 aromatic rings. The number of hydrogen-bond acceptors (Lipinski definition) is 2. The summed E-state index contributed by atoms with van der Waals surface area (Å²) in [4.78, 5) is 11.9. The van der Waals surface area contributed by atoms with E-state index < -0.39 is 0 Å². The average molecular weight is 271 g/mol. The van der Waals surface area contributed by atoms with Crippen molar-refractivity contribution in [2.45, 2.75) is 52.6 Å². The first-order valence-corrected chi connectivity index (χ1v) is 7.05. The molecule has 1 N–H and O–H groups in total. The number of rotatable bonds is 4. The van der Waals surface area contributed by atoms with Crippen molar-refractivity contribution < 1.29 is 4.79 Å². The number of nitrogens with zero attached hydrogens (tertiary/aromatic N) is 2. The summed E-state index contributed by atoms with van der Waals surface area (Å²) in [6.07, 6.45) is 4.13. The predicted octanol–water partition coefficient (Wildman–Crippen LogP) is 2.87. The molecule has 1 heterocycles. The molecule has 0 radical (unpaired) electrons. The Kier molecular flexibility index (Phi) is 3.99. The number of aryl methyl sites for hydroxylation is 1. The SMILES string of the molecule is Cc1cc(C=C(C#N)C(=O)NC(C)C)c(C)n1C1CC1. The quantitative estimate of drug-likeness (QED) is 0.676. The summed E-state index contributed by atoms with van der Waals surface area (Å²) in [5.74, 6) is -0.307. The molecule has 1 aliphatic carbocycles. The summed E-state index contributed by atoms with van der Waals surface area (Å²) in [7, 11) is 0. The Bertz CT molecular complexity index is 598. The number of carbonyl (C=O) groups excluding carboxylic acids is 1. The Labute approximate surface area is 120 Å². The van der Waals surface area contributed by atoms with Gasteiger partial charge in [-0.2, -0.15) is 5.26 Å². The molecule has 1 aromatic heterocycles. The fourth-order valence-corrected chi connectivity index (χ4v) is 2.49. The van der Waals surface area contributed by atoms with Gasteiger partial charge in [0.2, 0.25) is 0 Å². The summed E-state index contributed by atoms with van der Waals surface area (Å²) in [5, 5.41) is 11.9. The third-order valence-electron chi connectivity index (χ3n) is 3.52. The second kappa shape index (κ2) is 5.54. The van der Waals surface area contributed by atoms with Crippen LogP contribution in [0.25, 0.3) is 6.08 Å². The van der Waals surface area contributed by atoms with Gasteiger partial charge in [0, 0.05) is 23.5 Å². The molecule has 0 aliphatic heterocycles. The second-order valence-electron chi connectivity index (χ2n) is 5.73. The van der Waals surface area contributed by atoms with Crippen LogP contribution < -0.4 is 5.32 Å². The van der Waals surface area contributed by atoms with E-state index in [1.54, 1.807) is 6.08 Å². The van der Waals surface area contributed by atoms with Crippen molar-refractivity contribution in [3.05, 3.63) is 28.6 Å². The van der Waals surface area contributed by atoms with Gasteiger partial charge in [0.1, 0.15) is 11.6 Å². The van der Waals surface area contributed by atoms with Gasteiger partial charge in [0.15, 0.2) is 0 Å². The first kappa shape index (κ1) is 14.4. The molecule has 0 unspecified atom stereocenters. The highest BCUT2D eigenvalue weighted by atomic mass is 16.1. The van der Waals surface area contributed by atoms with Crippen molar-refractivity contribution in [3.8, 4) is 6.07 Å². The van der Waals surface area contributed by atoms with Gasteiger partial charge in [-0.05, 0) is 58.2 Å². The molecule has 2 rings (SSSR count). The number of carbonyl (C=O) groups is 1. The fourth-order valence-electron chi connectivity index (χ4n) is 2.49. The monoisotopic (exact) mass is 271 g/mol. The molecule has 1 amide bonds. The number of aromatic nitrogens is 1. The molecule has 0 atom stereocenters. The minimum absolute atomic E-state index is 0.0261. The Balaban J connectivity index is 2.31. The van der Waals surface area contributed by atoms with Gasteiger partial charge in [-0.1, -0.05) is 0 Å². The maximum atomic E-state index is 11.9. The lowest BCUT2D eigenvalue weighted by Crippen LogP contribution is -2.30. The van der Waals surface area contributed by atoms with Crippen molar-refractivity contribution in [1.82, 2.24) is 9.88 Å². The summed E-state index contributed by atoms with van der Waals surface area (Å²) in [6, 6.07) is 4.68. The zero-order valence-corrected chi connectivity index (χ0v) is 12.5. The maximum absolute atomic E-state index is 11.9. The zero-order chi connectivity index (χ0) is 14.9. The zero-order valence-electron chi connectivity index (χ0n) is 12.5. The number of hydrogen-bond donors (Lipinski definition) is 1. The van der Waals surface area contributed by atoms with Crippen LogP contribution in [0.15, 0.2) is 11.6 Å². The summed E-state index contributed by atoms with van der Waals surface area (Å²) in [5.41, 5.74) is 3.45. The van der Waals surface area contributed by atoms with Crippen LogP contribution in [0.2, 0.25) is 0 Å². The molecular weight excluding hydrogens is 250 g/mol. The van der Waals surface area contributed by atoms with Gasteiger partial charge in [0.25, 0.3) is 5.91 Å². The second-order valence-corrected chi connectivity index (χ2v) is 5.73. The van der Waals surface area contributed by atoms with Crippen molar-refractivity contribution in [1.29, 1.82) is 5.26 Å². The molecule has 106 valence electrons. The molecule has 1 fully saturated rings. The van der Waals surface area contributed by atoms with Crippen LogP contribution in [-0.4, -0.2) is 16.5 Å². The molecule has 0 spiro atoms. The highest BCUT2D eigenvalue weighted by molar-refractivity contribution is 6.01. The van der Waals surface area contributed by atoms with Gasteiger partial charge >= 0.3 is 0 Å². The number of nitriles is 1. The van der Waals surface area contributed by atoms with E-state index in [4.69, 9.17) is 0 Å². The van der Waals surface area contributed by atoms with Gasteiger partial charge < -0.3 is 9.88 Å². The van der Waals surface area contributed by atoms with E-state index in [0.29, 0.717) is 6.04 Å². The predicted molar refractivity (Wildman–Crippen MR) is 79.0 cm³/mol. The molecule has 4 nitrogen and oxygen atoms in total. The van der Waals surface area contributed by atoms with Gasteiger partial charge in [-0.3, -0.25) is 4.79 Å². The van der Waals surface area contributed by atoms with E-state index in [9.17, 15) is 10.1 Å². The van der Waals surface area contributed by atoms with Crippen LogP contribution >= 0.6 is 0 Å². The molecular formula is C16H21N3O. The number of nitrogens with one attached hydrogen (secondary N) is 1. The fraction of sp³-hybridized carbons (Fsp3) is 0.500. The van der Waals surface area contributed by atoms with Crippen LogP contribution in [0.5, 0.6) is 0 Å². The van der Waals surface area contributed by atoms with Crippen LogP contribution in [0.3, 0.4) is 0 Å². The van der Waals surface area contributed by atoms with E-state index in [1.165, 1.54) is 18.5 Å². The highest BCUT2D eigenvalue weighted by Gasteiger charge is 2.26. The third kappa shape index (κ3) is 2.93. The van der Waals surface area contributed by atoms with Crippen LogP contribution in [0, 0.1) is 25.2 Å². The normalized spacial score (nSPS) is 15.3. The molecule has 1 saturated carbocycles. The molecule has 0 saturated heterocycles. The van der Waals surface area contributed by atoms with E-state index in [1.807, 2.05) is 32.9 Å². The van der Waals surface area contributed by atoms with Gasteiger partial charge in [-0.25, -0.2) is 0 Å². The van der Waals surface area contributed by atoms with Crippen molar-refractivity contribution in [2.24, 2.45) is 0 Å². The minimum atomic E-state index is -0.307. The summed E-state index contributed by atoms with van der Waals surface area (Å²) in [6.45, 7) is 7.88.